The van der Waals surface area contributed by atoms with Gasteiger partial charge in [0.15, 0.2) is 0 Å². The molecule has 2 amide bonds. The third-order valence-electron chi connectivity index (χ3n) is 5.66. The Balaban J connectivity index is 2.22. The van der Waals surface area contributed by atoms with Gasteiger partial charge in [0.2, 0.25) is 11.8 Å². The minimum atomic E-state index is -0.575. The highest BCUT2D eigenvalue weighted by atomic mass is 35.5. The summed E-state index contributed by atoms with van der Waals surface area (Å²) in [6, 6.07) is 13.0. The highest BCUT2D eigenvalue weighted by molar-refractivity contribution is 6.36. The van der Waals surface area contributed by atoms with Crippen LogP contribution in [-0.2, 0) is 29.0 Å². The van der Waals surface area contributed by atoms with E-state index in [0.29, 0.717) is 41.4 Å². The van der Waals surface area contributed by atoms with E-state index in [1.54, 1.807) is 23.1 Å². The van der Waals surface area contributed by atoms with Crippen LogP contribution in [0.5, 0.6) is 0 Å². The average Bonchev–Trinajstić information content (AvgIpc) is 2.79. The largest absolute Gasteiger partial charge is 0.354 e. The van der Waals surface area contributed by atoms with Gasteiger partial charge in [0.25, 0.3) is 0 Å². The molecule has 0 heterocycles. The van der Waals surface area contributed by atoms with Crippen molar-refractivity contribution in [3.05, 3.63) is 69.2 Å². The highest BCUT2D eigenvalue weighted by Gasteiger charge is 2.29. The number of rotatable bonds is 12. The number of hydrogen-bond donors (Lipinski definition) is 1. The summed E-state index contributed by atoms with van der Waals surface area (Å²) in [7, 11) is 0. The number of nitrogens with zero attached hydrogens (tertiary/aromatic N) is 1. The van der Waals surface area contributed by atoms with Crippen LogP contribution < -0.4 is 5.32 Å². The number of aryl methyl sites for hydroxylation is 2. The number of carbonyl (C=O) groups is 2. The van der Waals surface area contributed by atoms with Crippen molar-refractivity contribution in [2.45, 2.75) is 71.9 Å². The van der Waals surface area contributed by atoms with Crippen LogP contribution in [0, 0.1) is 0 Å². The summed E-state index contributed by atoms with van der Waals surface area (Å²) in [5.41, 5.74) is 3.04. The third kappa shape index (κ3) is 7.53. The van der Waals surface area contributed by atoms with Crippen LogP contribution in [0.2, 0.25) is 10.0 Å². The molecule has 0 aliphatic rings. The van der Waals surface area contributed by atoms with Gasteiger partial charge in [-0.3, -0.25) is 9.59 Å². The van der Waals surface area contributed by atoms with E-state index in [-0.39, 0.29) is 18.4 Å². The van der Waals surface area contributed by atoms with Gasteiger partial charge >= 0.3 is 0 Å². The molecule has 0 saturated heterocycles. The molecule has 0 spiro atoms. The Hall–Kier alpha value is -2.04. The Labute approximate surface area is 202 Å². The van der Waals surface area contributed by atoms with Crippen LogP contribution in [0.1, 0.15) is 63.1 Å². The quantitative estimate of drug-likeness (QED) is 0.370. The summed E-state index contributed by atoms with van der Waals surface area (Å²) in [5, 5.41) is 3.96. The van der Waals surface area contributed by atoms with Crippen LogP contribution in [0.4, 0.5) is 0 Å². The molecule has 1 N–H and O–H groups in total. The fraction of sp³-hybridized carbons (Fsp3) is 0.462. The Kier molecular flexibility index (Phi) is 11.1. The maximum atomic E-state index is 13.4. The minimum Gasteiger partial charge on any atom is -0.354 e. The van der Waals surface area contributed by atoms with Gasteiger partial charge in [-0.1, -0.05) is 80.7 Å². The number of benzene rings is 2. The van der Waals surface area contributed by atoms with E-state index in [0.717, 1.165) is 24.8 Å². The minimum absolute atomic E-state index is 0.0851. The van der Waals surface area contributed by atoms with Crippen molar-refractivity contribution < 1.29 is 9.59 Å². The van der Waals surface area contributed by atoms with Crippen molar-refractivity contribution in [3.8, 4) is 0 Å². The van der Waals surface area contributed by atoms with E-state index >= 15 is 0 Å². The van der Waals surface area contributed by atoms with Crippen molar-refractivity contribution in [1.82, 2.24) is 10.2 Å². The van der Waals surface area contributed by atoms with Crippen LogP contribution in [-0.4, -0.2) is 29.3 Å². The Morgan fingerprint density at radius 3 is 2.16 bits per heavy atom. The number of carbonyl (C=O) groups excluding carboxylic acids is 2. The first-order valence-electron chi connectivity index (χ1n) is 11.5. The van der Waals surface area contributed by atoms with E-state index < -0.39 is 6.04 Å². The monoisotopic (exact) mass is 476 g/mol. The molecule has 2 aromatic rings. The van der Waals surface area contributed by atoms with Crippen molar-refractivity contribution in [1.29, 1.82) is 0 Å². The third-order valence-corrected chi connectivity index (χ3v) is 6.37. The number of nitrogens with one attached hydrogen (secondary N) is 1. The zero-order valence-electron chi connectivity index (χ0n) is 19.3. The SMILES string of the molecule is CCCCNC(=O)C(CC)N(Cc1c(Cl)cccc1Cl)C(=O)CCc1ccc(CC)cc1. The molecule has 6 heteroatoms. The number of amides is 2. The normalized spacial score (nSPS) is 11.8. The second-order valence-electron chi connectivity index (χ2n) is 7.96. The lowest BCUT2D eigenvalue weighted by Crippen LogP contribution is -2.49. The number of halogens is 2. The van der Waals surface area contributed by atoms with E-state index in [1.165, 1.54) is 5.56 Å². The van der Waals surface area contributed by atoms with Gasteiger partial charge < -0.3 is 10.2 Å². The molecule has 0 bridgehead atoms. The predicted molar refractivity (Wildman–Crippen MR) is 133 cm³/mol. The van der Waals surface area contributed by atoms with Crippen molar-refractivity contribution in [2.75, 3.05) is 6.54 Å². The first-order valence-corrected chi connectivity index (χ1v) is 12.2. The van der Waals surface area contributed by atoms with Gasteiger partial charge in [0.05, 0.1) is 0 Å². The first-order chi connectivity index (χ1) is 15.4. The molecule has 1 unspecified atom stereocenters. The van der Waals surface area contributed by atoms with E-state index in [1.807, 2.05) is 6.92 Å². The zero-order chi connectivity index (χ0) is 23.5. The molecule has 2 aromatic carbocycles. The van der Waals surface area contributed by atoms with Gasteiger partial charge in [-0.05, 0) is 48.9 Å². The molecular formula is C26H34Cl2N2O2. The lowest BCUT2D eigenvalue weighted by Gasteiger charge is -2.31. The first kappa shape index (κ1) is 26.2. The molecule has 0 aliphatic carbocycles. The lowest BCUT2D eigenvalue weighted by atomic mass is 10.0. The molecule has 4 nitrogen and oxygen atoms in total. The predicted octanol–water partition coefficient (Wildman–Crippen LogP) is 6.21. The fourth-order valence-electron chi connectivity index (χ4n) is 3.62. The van der Waals surface area contributed by atoms with Crippen molar-refractivity contribution in [2.24, 2.45) is 0 Å². The van der Waals surface area contributed by atoms with Crippen LogP contribution in [0.3, 0.4) is 0 Å². The molecule has 0 fully saturated rings. The zero-order valence-corrected chi connectivity index (χ0v) is 20.8. The lowest BCUT2D eigenvalue weighted by molar-refractivity contribution is -0.141. The summed E-state index contributed by atoms with van der Waals surface area (Å²) in [5.74, 6) is -0.220. The molecule has 1 atom stereocenters. The summed E-state index contributed by atoms with van der Waals surface area (Å²) in [4.78, 5) is 27.9. The smallest absolute Gasteiger partial charge is 0.242 e. The molecule has 0 saturated carbocycles. The van der Waals surface area contributed by atoms with Gasteiger partial charge in [0, 0.05) is 35.1 Å². The maximum Gasteiger partial charge on any atom is 0.242 e. The Bertz CT molecular complexity index is 864. The van der Waals surface area contributed by atoms with Gasteiger partial charge in [-0.25, -0.2) is 0 Å². The van der Waals surface area contributed by atoms with Crippen LogP contribution in [0.15, 0.2) is 42.5 Å². The maximum absolute atomic E-state index is 13.4. The van der Waals surface area contributed by atoms with Crippen LogP contribution in [0.25, 0.3) is 0 Å². The second-order valence-corrected chi connectivity index (χ2v) is 8.77. The summed E-state index contributed by atoms with van der Waals surface area (Å²) < 4.78 is 0. The van der Waals surface area contributed by atoms with E-state index in [9.17, 15) is 9.59 Å². The fourth-order valence-corrected chi connectivity index (χ4v) is 4.13. The second kappa shape index (κ2) is 13.5. The number of hydrogen-bond acceptors (Lipinski definition) is 2. The summed E-state index contributed by atoms with van der Waals surface area (Å²) in [6.45, 7) is 6.91. The van der Waals surface area contributed by atoms with Crippen molar-refractivity contribution >= 4 is 35.0 Å². The molecule has 0 aliphatic heterocycles. The van der Waals surface area contributed by atoms with Crippen molar-refractivity contribution in [3.63, 3.8) is 0 Å². The molecule has 32 heavy (non-hydrogen) atoms. The van der Waals surface area contributed by atoms with E-state index in [4.69, 9.17) is 23.2 Å². The van der Waals surface area contributed by atoms with Gasteiger partial charge in [-0.2, -0.15) is 0 Å². The highest BCUT2D eigenvalue weighted by Crippen LogP contribution is 2.27. The molecule has 0 aromatic heterocycles. The van der Waals surface area contributed by atoms with Gasteiger partial charge in [0.1, 0.15) is 6.04 Å². The molecule has 174 valence electrons. The summed E-state index contributed by atoms with van der Waals surface area (Å²) >= 11 is 12.8. The van der Waals surface area contributed by atoms with E-state index in [2.05, 4.69) is 43.4 Å². The molecular weight excluding hydrogens is 443 g/mol. The van der Waals surface area contributed by atoms with Crippen LogP contribution >= 0.6 is 23.2 Å². The number of unbranched alkanes of at least 4 members (excludes halogenated alkanes) is 1. The van der Waals surface area contributed by atoms with Gasteiger partial charge in [-0.15, -0.1) is 0 Å². The molecule has 0 radical (unpaired) electrons. The molecule has 2 rings (SSSR count). The topological polar surface area (TPSA) is 49.4 Å². The summed E-state index contributed by atoms with van der Waals surface area (Å²) in [6.07, 6.45) is 4.32. The Morgan fingerprint density at radius 1 is 0.969 bits per heavy atom. The standard InChI is InChI=1S/C26H34Cl2N2O2/c1-4-7-17-29-26(32)24(6-3)30(18-21-22(27)9-8-10-23(21)28)25(31)16-15-20-13-11-19(5-2)12-14-20/h8-14,24H,4-7,15-18H2,1-3H3,(H,29,32). The average molecular weight is 477 g/mol. The Morgan fingerprint density at radius 2 is 1.59 bits per heavy atom.